The summed E-state index contributed by atoms with van der Waals surface area (Å²) in [6.45, 7) is 9.76. The summed E-state index contributed by atoms with van der Waals surface area (Å²) in [5.74, 6) is 1.74. The van der Waals surface area contributed by atoms with Crippen molar-refractivity contribution in [2.45, 2.75) is 47.1 Å². The van der Waals surface area contributed by atoms with Crippen LogP contribution in [0.2, 0.25) is 0 Å². The standard InChI is InChI=1S/C30H41N3O4/c1-21(2)15-29(34)33(18-22(3)4)20-30(35)32(19-23-11-12-27(36-5)28(16-23)37-6)14-13-24-17-31-26-10-8-7-9-25(24)26/h7-12,16-17,21-22,31H,13-15,18-20H2,1-6H3. The molecule has 1 heterocycles. The molecule has 0 aliphatic heterocycles. The van der Waals surface area contributed by atoms with Gasteiger partial charge in [-0.25, -0.2) is 0 Å². The van der Waals surface area contributed by atoms with Gasteiger partial charge in [0.25, 0.3) is 0 Å². The lowest BCUT2D eigenvalue weighted by Crippen LogP contribution is -2.44. The first-order chi connectivity index (χ1) is 17.7. The predicted octanol–water partition coefficient (Wildman–Crippen LogP) is 5.29. The van der Waals surface area contributed by atoms with Crippen LogP contribution in [0.1, 0.15) is 45.2 Å². The molecule has 0 aliphatic rings. The van der Waals surface area contributed by atoms with Gasteiger partial charge in [0, 0.05) is 43.2 Å². The molecule has 0 atom stereocenters. The normalized spacial score (nSPS) is 11.2. The number of nitrogens with one attached hydrogen (secondary N) is 1. The number of amides is 2. The van der Waals surface area contributed by atoms with Gasteiger partial charge >= 0.3 is 0 Å². The molecule has 7 heteroatoms. The summed E-state index contributed by atoms with van der Waals surface area (Å²) < 4.78 is 10.9. The summed E-state index contributed by atoms with van der Waals surface area (Å²) in [5, 5.41) is 1.16. The van der Waals surface area contributed by atoms with Crippen LogP contribution in [0.25, 0.3) is 10.9 Å². The van der Waals surface area contributed by atoms with Crippen molar-refractivity contribution < 1.29 is 19.1 Å². The quantitative estimate of drug-likeness (QED) is 0.341. The van der Waals surface area contributed by atoms with E-state index in [2.05, 4.69) is 31.0 Å². The largest absolute Gasteiger partial charge is 0.493 e. The van der Waals surface area contributed by atoms with E-state index in [-0.39, 0.29) is 30.2 Å². The van der Waals surface area contributed by atoms with Crippen molar-refractivity contribution in [1.29, 1.82) is 0 Å². The molecule has 200 valence electrons. The van der Waals surface area contributed by atoms with Gasteiger partial charge in [-0.1, -0.05) is 52.0 Å². The number of H-pyrrole nitrogens is 1. The lowest BCUT2D eigenvalue weighted by molar-refractivity contribution is -0.141. The number of rotatable bonds is 13. The van der Waals surface area contributed by atoms with Gasteiger partial charge in [0.2, 0.25) is 11.8 Å². The van der Waals surface area contributed by atoms with Crippen molar-refractivity contribution in [2.24, 2.45) is 11.8 Å². The van der Waals surface area contributed by atoms with E-state index in [0.717, 1.165) is 22.0 Å². The SMILES string of the molecule is COc1ccc(CN(CCc2c[nH]c3ccccc23)C(=O)CN(CC(C)C)C(=O)CC(C)C)cc1OC. The summed E-state index contributed by atoms with van der Waals surface area (Å²) in [6, 6.07) is 13.9. The average molecular weight is 508 g/mol. The summed E-state index contributed by atoms with van der Waals surface area (Å²) in [5.41, 5.74) is 3.18. The average Bonchev–Trinajstić information content (AvgIpc) is 3.28. The number of aromatic nitrogens is 1. The van der Waals surface area contributed by atoms with E-state index in [0.29, 0.717) is 44.0 Å². The summed E-state index contributed by atoms with van der Waals surface area (Å²) >= 11 is 0. The molecule has 0 radical (unpaired) electrons. The van der Waals surface area contributed by atoms with Gasteiger partial charge in [0.15, 0.2) is 11.5 Å². The van der Waals surface area contributed by atoms with Crippen LogP contribution in [0.3, 0.4) is 0 Å². The fraction of sp³-hybridized carbons (Fsp3) is 0.467. The topological polar surface area (TPSA) is 74.9 Å². The minimum absolute atomic E-state index is 0.0275. The molecule has 3 aromatic rings. The number of carbonyl (C=O) groups excluding carboxylic acids is 2. The van der Waals surface area contributed by atoms with Crippen LogP contribution < -0.4 is 9.47 Å². The molecule has 2 amide bonds. The third kappa shape index (κ3) is 7.75. The Morgan fingerprint density at radius 3 is 2.30 bits per heavy atom. The number of hydrogen-bond acceptors (Lipinski definition) is 4. The molecule has 0 fully saturated rings. The molecule has 0 unspecified atom stereocenters. The molecule has 0 saturated carbocycles. The van der Waals surface area contributed by atoms with Crippen LogP contribution in [0, 0.1) is 11.8 Å². The Kier molecular flexibility index (Phi) is 10.0. The van der Waals surface area contributed by atoms with E-state index < -0.39 is 0 Å². The van der Waals surface area contributed by atoms with E-state index in [1.807, 2.05) is 55.3 Å². The molecule has 0 spiro atoms. The van der Waals surface area contributed by atoms with E-state index >= 15 is 0 Å². The Labute approximate surface area is 220 Å². The Morgan fingerprint density at radius 2 is 1.62 bits per heavy atom. The number of methoxy groups -OCH3 is 2. The number of aromatic amines is 1. The van der Waals surface area contributed by atoms with Gasteiger partial charge in [-0.3, -0.25) is 9.59 Å². The maximum Gasteiger partial charge on any atom is 0.242 e. The Balaban J connectivity index is 1.84. The van der Waals surface area contributed by atoms with Crippen LogP contribution in [-0.4, -0.2) is 60.5 Å². The highest BCUT2D eigenvalue weighted by Crippen LogP contribution is 2.28. The van der Waals surface area contributed by atoms with Crippen LogP contribution in [0.5, 0.6) is 11.5 Å². The molecule has 3 rings (SSSR count). The zero-order chi connectivity index (χ0) is 26.9. The molecule has 37 heavy (non-hydrogen) atoms. The van der Waals surface area contributed by atoms with Crippen LogP contribution in [0.4, 0.5) is 0 Å². The lowest BCUT2D eigenvalue weighted by atomic mass is 10.1. The molecular weight excluding hydrogens is 466 g/mol. The smallest absolute Gasteiger partial charge is 0.242 e. The van der Waals surface area contributed by atoms with Gasteiger partial charge < -0.3 is 24.3 Å². The molecule has 2 aromatic carbocycles. The first-order valence-corrected chi connectivity index (χ1v) is 13.0. The van der Waals surface area contributed by atoms with Gasteiger partial charge in [-0.2, -0.15) is 0 Å². The fourth-order valence-electron chi connectivity index (χ4n) is 4.52. The number of hydrogen-bond donors (Lipinski definition) is 1. The molecule has 1 aromatic heterocycles. The van der Waals surface area contributed by atoms with Crippen LogP contribution >= 0.6 is 0 Å². The lowest BCUT2D eigenvalue weighted by Gasteiger charge is -2.29. The summed E-state index contributed by atoms with van der Waals surface area (Å²) in [7, 11) is 3.21. The second-order valence-electron chi connectivity index (χ2n) is 10.4. The second-order valence-corrected chi connectivity index (χ2v) is 10.4. The molecular formula is C30H41N3O4. The highest BCUT2D eigenvalue weighted by atomic mass is 16.5. The predicted molar refractivity (Wildman–Crippen MR) is 148 cm³/mol. The van der Waals surface area contributed by atoms with Gasteiger partial charge in [-0.05, 0) is 47.6 Å². The maximum atomic E-state index is 13.7. The molecule has 0 aliphatic carbocycles. The maximum absolute atomic E-state index is 13.7. The third-order valence-corrected chi connectivity index (χ3v) is 6.35. The Morgan fingerprint density at radius 1 is 0.892 bits per heavy atom. The van der Waals surface area contributed by atoms with E-state index in [9.17, 15) is 9.59 Å². The van der Waals surface area contributed by atoms with Crippen molar-refractivity contribution in [3.05, 3.63) is 59.8 Å². The van der Waals surface area contributed by atoms with Gasteiger partial charge in [0.1, 0.15) is 0 Å². The zero-order valence-corrected chi connectivity index (χ0v) is 23.0. The van der Waals surface area contributed by atoms with Crippen molar-refractivity contribution in [3.8, 4) is 11.5 Å². The minimum Gasteiger partial charge on any atom is -0.493 e. The van der Waals surface area contributed by atoms with Crippen molar-refractivity contribution in [2.75, 3.05) is 33.9 Å². The highest BCUT2D eigenvalue weighted by Gasteiger charge is 2.23. The first kappa shape index (κ1) is 28.1. The Bertz CT molecular complexity index is 1180. The van der Waals surface area contributed by atoms with E-state index in [4.69, 9.17) is 9.47 Å². The number of nitrogens with zero attached hydrogens (tertiary/aromatic N) is 2. The van der Waals surface area contributed by atoms with E-state index in [1.165, 1.54) is 0 Å². The monoisotopic (exact) mass is 507 g/mol. The number of benzene rings is 2. The van der Waals surface area contributed by atoms with Crippen molar-refractivity contribution in [1.82, 2.24) is 14.8 Å². The highest BCUT2D eigenvalue weighted by molar-refractivity contribution is 5.85. The zero-order valence-electron chi connectivity index (χ0n) is 23.0. The third-order valence-electron chi connectivity index (χ3n) is 6.35. The molecule has 0 saturated heterocycles. The van der Waals surface area contributed by atoms with Crippen molar-refractivity contribution in [3.63, 3.8) is 0 Å². The van der Waals surface area contributed by atoms with Gasteiger partial charge in [-0.15, -0.1) is 0 Å². The Hall–Kier alpha value is -3.48. The fourth-order valence-corrected chi connectivity index (χ4v) is 4.52. The number of carbonyl (C=O) groups is 2. The second kappa shape index (κ2) is 13.2. The van der Waals surface area contributed by atoms with Crippen LogP contribution in [0.15, 0.2) is 48.7 Å². The number of para-hydroxylation sites is 1. The number of fused-ring (bicyclic) bond motifs is 1. The van der Waals surface area contributed by atoms with Crippen LogP contribution in [-0.2, 0) is 22.6 Å². The summed E-state index contributed by atoms with van der Waals surface area (Å²) in [6.07, 6.45) is 3.15. The van der Waals surface area contributed by atoms with Gasteiger partial charge in [0.05, 0.1) is 20.8 Å². The molecule has 1 N–H and O–H groups in total. The van der Waals surface area contributed by atoms with E-state index in [1.54, 1.807) is 19.1 Å². The summed E-state index contributed by atoms with van der Waals surface area (Å²) in [4.78, 5) is 33.6. The molecule has 7 nitrogen and oxygen atoms in total. The minimum atomic E-state index is -0.0626. The van der Waals surface area contributed by atoms with Crippen molar-refractivity contribution >= 4 is 22.7 Å². The number of ether oxygens (including phenoxy) is 2. The molecule has 0 bridgehead atoms. The first-order valence-electron chi connectivity index (χ1n) is 13.0.